The second kappa shape index (κ2) is 12.7. The van der Waals surface area contributed by atoms with E-state index in [1.807, 2.05) is 31.2 Å². The molecule has 1 aliphatic rings. The number of rotatable bonds is 11. The smallest absolute Gasteiger partial charge is 0.309 e. The third kappa shape index (κ3) is 8.20. The maximum absolute atomic E-state index is 12.0. The lowest BCUT2D eigenvalue weighted by molar-refractivity contribution is -0.147. The van der Waals surface area contributed by atoms with Crippen molar-refractivity contribution < 1.29 is 28.5 Å². The number of ether oxygens (including phenoxy) is 4. The van der Waals surface area contributed by atoms with Crippen molar-refractivity contribution in [2.24, 2.45) is 0 Å². The van der Waals surface area contributed by atoms with Crippen molar-refractivity contribution in [2.45, 2.75) is 19.9 Å². The number of hydrogen-bond acceptors (Lipinski definition) is 7. The fourth-order valence-electron chi connectivity index (χ4n) is 3.18. The van der Waals surface area contributed by atoms with Crippen molar-refractivity contribution >= 4 is 17.6 Å². The quantitative estimate of drug-likeness (QED) is 0.536. The summed E-state index contributed by atoms with van der Waals surface area (Å²) in [6, 6.07) is 14.8. The number of carbonyl (C=O) groups is 2. The lowest BCUT2D eigenvalue weighted by Gasteiger charge is -2.26. The van der Waals surface area contributed by atoms with Crippen LogP contribution in [0.4, 0.5) is 5.69 Å². The Hall–Kier alpha value is -3.10. The summed E-state index contributed by atoms with van der Waals surface area (Å²) >= 11 is 0. The third-order valence-corrected chi connectivity index (χ3v) is 4.82. The van der Waals surface area contributed by atoms with E-state index in [1.165, 1.54) is 5.56 Å². The molecule has 172 valence electrons. The number of nitrogens with one attached hydrogen (secondary N) is 1. The highest BCUT2D eigenvalue weighted by Gasteiger charge is 2.11. The Bertz CT molecular complexity index is 848. The summed E-state index contributed by atoms with van der Waals surface area (Å²) in [5, 5.41) is 2.73. The first kappa shape index (κ1) is 23.6. The van der Waals surface area contributed by atoms with Gasteiger partial charge in [0.15, 0.2) is 6.61 Å². The molecule has 2 aromatic carbocycles. The van der Waals surface area contributed by atoms with Crippen LogP contribution in [0.1, 0.15) is 18.9 Å². The lowest BCUT2D eigenvalue weighted by Crippen LogP contribution is -2.35. The molecule has 2 aromatic rings. The number of anilines is 1. The fraction of sp³-hybridized carbons (Fsp3) is 0.417. The minimum Gasteiger partial charge on any atom is -0.494 e. The second-order valence-corrected chi connectivity index (χ2v) is 7.30. The summed E-state index contributed by atoms with van der Waals surface area (Å²) < 4.78 is 21.3. The third-order valence-electron chi connectivity index (χ3n) is 4.82. The van der Waals surface area contributed by atoms with E-state index in [9.17, 15) is 9.59 Å². The van der Waals surface area contributed by atoms with Gasteiger partial charge in [0.05, 0.1) is 32.8 Å². The topological polar surface area (TPSA) is 86.3 Å². The van der Waals surface area contributed by atoms with Crippen LogP contribution in [0.2, 0.25) is 0 Å². The van der Waals surface area contributed by atoms with Crippen LogP contribution in [0.15, 0.2) is 48.5 Å². The molecule has 0 atom stereocenters. The Morgan fingerprint density at radius 3 is 2.28 bits per heavy atom. The molecule has 1 N–H and O–H groups in total. The Balaban J connectivity index is 1.31. The molecule has 0 unspecified atom stereocenters. The first-order valence-corrected chi connectivity index (χ1v) is 10.8. The first-order valence-electron chi connectivity index (χ1n) is 10.8. The summed E-state index contributed by atoms with van der Waals surface area (Å²) in [5.74, 6) is 0.520. The zero-order valence-electron chi connectivity index (χ0n) is 18.4. The molecule has 1 heterocycles. The van der Waals surface area contributed by atoms with Gasteiger partial charge in [-0.2, -0.15) is 0 Å². The van der Waals surface area contributed by atoms with Crippen LogP contribution in [-0.2, 0) is 25.6 Å². The summed E-state index contributed by atoms with van der Waals surface area (Å²) in [5.41, 5.74) is 1.83. The predicted molar refractivity (Wildman–Crippen MR) is 120 cm³/mol. The van der Waals surface area contributed by atoms with Crippen molar-refractivity contribution in [1.29, 1.82) is 0 Å². The molecule has 0 aliphatic carbocycles. The van der Waals surface area contributed by atoms with Crippen LogP contribution in [-0.4, -0.2) is 62.9 Å². The van der Waals surface area contributed by atoms with E-state index in [0.717, 1.165) is 38.6 Å². The molecule has 0 radical (unpaired) electrons. The van der Waals surface area contributed by atoms with E-state index in [0.29, 0.717) is 18.0 Å². The highest BCUT2D eigenvalue weighted by atomic mass is 16.5. The van der Waals surface area contributed by atoms with Gasteiger partial charge < -0.3 is 24.3 Å². The minimum atomic E-state index is -0.494. The van der Waals surface area contributed by atoms with Crippen LogP contribution in [0.3, 0.4) is 0 Å². The molecule has 1 fully saturated rings. The summed E-state index contributed by atoms with van der Waals surface area (Å²) in [6.07, 6.45) is 0.0523. The van der Waals surface area contributed by atoms with Gasteiger partial charge in [0.2, 0.25) is 0 Å². The molecule has 3 rings (SSSR count). The van der Waals surface area contributed by atoms with E-state index in [-0.39, 0.29) is 25.5 Å². The molecule has 8 heteroatoms. The average Bonchev–Trinajstić information content (AvgIpc) is 2.81. The van der Waals surface area contributed by atoms with Crippen LogP contribution in [0, 0.1) is 0 Å². The second-order valence-electron chi connectivity index (χ2n) is 7.30. The molecular weight excluding hydrogens is 412 g/mol. The highest BCUT2D eigenvalue weighted by Crippen LogP contribution is 2.17. The number of benzene rings is 2. The Labute approximate surface area is 188 Å². The van der Waals surface area contributed by atoms with E-state index in [4.69, 9.17) is 18.9 Å². The molecule has 1 amide bonds. The van der Waals surface area contributed by atoms with Crippen molar-refractivity contribution in [2.75, 3.05) is 51.4 Å². The zero-order valence-corrected chi connectivity index (χ0v) is 18.4. The molecule has 0 bridgehead atoms. The molecule has 1 aliphatic heterocycles. The van der Waals surface area contributed by atoms with E-state index in [2.05, 4.69) is 10.2 Å². The number of esters is 1. The Morgan fingerprint density at radius 2 is 1.62 bits per heavy atom. The van der Waals surface area contributed by atoms with Gasteiger partial charge in [0.25, 0.3) is 5.91 Å². The fourth-order valence-corrected chi connectivity index (χ4v) is 3.18. The summed E-state index contributed by atoms with van der Waals surface area (Å²) in [4.78, 5) is 26.2. The standard InChI is InChI=1S/C24H30N2O6/c1-2-30-21-7-9-22(10-8-21)31-14-11-24(28)32-18-23(27)25-20-5-3-19(4-6-20)17-26-12-15-29-16-13-26/h3-10H,2,11-18H2,1H3,(H,25,27). The Morgan fingerprint density at radius 1 is 0.969 bits per heavy atom. The van der Waals surface area contributed by atoms with Gasteiger partial charge in [-0.3, -0.25) is 14.5 Å². The van der Waals surface area contributed by atoms with E-state index >= 15 is 0 Å². The molecule has 1 saturated heterocycles. The molecule has 32 heavy (non-hydrogen) atoms. The molecule has 0 saturated carbocycles. The largest absolute Gasteiger partial charge is 0.494 e. The van der Waals surface area contributed by atoms with Crippen LogP contribution >= 0.6 is 0 Å². The van der Waals surface area contributed by atoms with Gasteiger partial charge >= 0.3 is 5.97 Å². The number of carbonyl (C=O) groups excluding carboxylic acids is 2. The minimum absolute atomic E-state index is 0.0523. The van der Waals surface area contributed by atoms with E-state index < -0.39 is 5.97 Å². The zero-order chi connectivity index (χ0) is 22.6. The van der Waals surface area contributed by atoms with Gasteiger partial charge in [-0.15, -0.1) is 0 Å². The molecule has 8 nitrogen and oxygen atoms in total. The maximum atomic E-state index is 12.0. The maximum Gasteiger partial charge on any atom is 0.309 e. The van der Waals surface area contributed by atoms with Gasteiger partial charge in [0.1, 0.15) is 11.5 Å². The number of amides is 1. The summed E-state index contributed by atoms with van der Waals surface area (Å²) in [6.45, 7) is 6.58. The SMILES string of the molecule is CCOc1ccc(OCCC(=O)OCC(=O)Nc2ccc(CN3CCOCC3)cc2)cc1. The van der Waals surface area contributed by atoms with E-state index in [1.54, 1.807) is 24.3 Å². The van der Waals surface area contributed by atoms with Gasteiger partial charge in [-0.25, -0.2) is 0 Å². The number of hydrogen-bond donors (Lipinski definition) is 1. The van der Waals surface area contributed by atoms with Gasteiger partial charge in [-0.1, -0.05) is 12.1 Å². The monoisotopic (exact) mass is 442 g/mol. The van der Waals surface area contributed by atoms with Crippen molar-refractivity contribution in [3.63, 3.8) is 0 Å². The number of nitrogens with zero attached hydrogens (tertiary/aromatic N) is 1. The molecular formula is C24H30N2O6. The van der Waals surface area contributed by atoms with Crippen molar-refractivity contribution in [3.05, 3.63) is 54.1 Å². The highest BCUT2D eigenvalue weighted by molar-refractivity contribution is 5.92. The molecule has 0 spiro atoms. The van der Waals surface area contributed by atoms with Crippen molar-refractivity contribution in [1.82, 2.24) is 4.90 Å². The number of morpholine rings is 1. The molecule has 0 aromatic heterocycles. The van der Waals surface area contributed by atoms with Crippen molar-refractivity contribution in [3.8, 4) is 11.5 Å². The van der Waals surface area contributed by atoms with Crippen LogP contribution in [0.25, 0.3) is 0 Å². The average molecular weight is 443 g/mol. The Kier molecular flexibility index (Phi) is 9.34. The predicted octanol–water partition coefficient (Wildman–Crippen LogP) is 2.87. The summed E-state index contributed by atoms with van der Waals surface area (Å²) in [7, 11) is 0. The lowest BCUT2D eigenvalue weighted by atomic mass is 10.2. The van der Waals surface area contributed by atoms with Gasteiger partial charge in [-0.05, 0) is 48.9 Å². The first-order chi connectivity index (χ1) is 15.6. The van der Waals surface area contributed by atoms with Crippen LogP contribution < -0.4 is 14.8 Å². The normalized spacial score (nSPS) is 13.9. The van der Waals surface area contributed by atoms with Gasteiger partial charge in [0, 0.05) is 25.3 Å². The van der Waals surface area contributed by atoms with Crippen LogP contribution in [0.5, 0.6) is 11.5 Å².